The summed E-state index contributed by atoms with van der Waals surface area (Å²) < 4.78 is 11.2. The molecule has 4 heteroatoms. The molecule has 160 valence electrons. The van der Waals surface area contributed by atoms with Crippen molar-refractivity contribution in [3.8, 4) is 5.75 Å². The largest absolute Gasteiger partial charge is 0.490 e. The SMILES string of the molecule is CCO[C@@H](Cc1ccc(OCC=C(c2ccccc2)c2ccc(C)cc2)cc1)C(=O)O. The van der Waals surface area contributed by atoms with Gasteiger partial charge in [0, 0.05) is 13.0 Å². The highest BCUT2D eigenvalue weighted by Gasteiger charge is 2.17. The van der Waals surface area contributed by atoms with Gasteiger partial charge in [0.15, 0.2) is 6.10 Å². The third kappa shape index (κ3) is 6.56. The average Bonchev–Trinajstić information content (AvgIpc) is 2.79. The van der Waals surface area contributed by atoms with Gasteiger partial charge in [-0.1, -0.05) is 72.3 Å². The minimum Gasteiger partial charge on any atom is -0.490 e. The lowest BCUT2D eigenvalue weighted by molar-refractivity contribution is -0.149. The van der Waals surface area contributed by atoms with E-state index >= 15 is 0 Å². The minimum absolute atomic E-state index is 0.328. The van der Waals surface area contributed by atoms with Crippen LogP contribution in [0.3, 0.4) is 0 Å². The van der Waals surface area contributed by atoms with Crippen molar-refractivity contribution in [2.45, 2.75) is 26.4 Å². The van der Waals surface area contributed by atoms with Crippen molar-refractivity contribution in [3.05, 3.63) is 107 Å². The highest BCUT2D eigenvalue weighted by Crippen LogP contribution is 2.24. The standard InChI is InChI=1S/C27H28O4/c1-3-30-26(27(28)29)19-21-11-15-24(16-12-21)31-18-17-25(22-7-5-4-6-8-22)23-13-9-20(2)10-14-23/h4-17,26H,3,18-19H2,1-2H3,(H,28,29)/t26-/m0/s1. The van der Waals surface area contributed by atoms with E-state index in [1.807, 2.05) is 42.5 Å². The van der Waals surface area contributed by atoms with Crippen LogP contribution in [0.2, 0.25) is 0 Å². The second kappa shape index (κ2) is 11.1. The molecule has 3 aromatic carbocycles. The molecule has 1 atom stereocenters. The van der Waals surface area contributed by atoms with E-state index < -0.39 is 12.1 Å². The highest BCUT2D eigenvalue weighted by molar-refractivity contribution is 5.79. The molecule has 0 saturated carbocycles. The average molecular weight is 417 g/mol. The van der Waals surface area contributed by atoms with Crippen molar-refractivity contribution in [2.24, 2.45) is 0 Å². The van der Waals surface area contributed by atoms with Crippen LogP contribution in [0, 0.1) is 6.92 Å². The fourth-order valence-electron chi connectivity index (χ4n) is 3.33. The van der Waals surface area contributed by atoms with Crippen LogP contribution in [0.1, 0.15) is 29.2 Å². The first-order valence-electron chi connectivity index (χ1n) is 10.5. The maximum atomic E-state index is 11.3. The Morgan fingerprint density at radius 3 is 2.19 bits per heavy atom. The van der Waals surface area contributed by atoms with Gasteiger partial charge in [-0.3, -0.25) is 0 Å². The summed E-state index contributed by atoms with van der Waals surface area (Å²) in [7, 11) is 0. The Labute approximate surface area is 183 Å². The highest BCUT2D eigenvalue weighted by atomic mass is 16.5. The molecular weight excluding hydrogens is 388 g/mol. The topological polar surface area (TPSA) is 55.8 Å². The third-order valence-corrected chi connectivity index (χ3v) is 4.97. The van der Waals surface area contributed by atoms with E-state index in [2.05, 4.69) is 49.4 Å². The number of rotatable bonds is 10. The van der Waals surface area contributed by atoms with Crippen molar-refractivity contribution in [1.82, 2.24) is 0 Å². The number of ether oxygens (including phenoxy) is 2. The fraction of sp³-hybridized carbons (Fsp3) is 0.222. The molecule has 0 aliphatic carbocycles. The van der Waals surface area contributed by atoms with Gasteiger partial charge >= 0.3 is 5.97 Å². The molecule has 0 aliphatic rings. The molecule has 1 N–H and O–H groups in total. The van der Waals surface area contributed by atoms with Gasteiger partial charge < -0.3 is 14.6 Å². The second-order valence-electron chi connectivity index (χ2n) is 7.29. The summed E-state index contributed by atoms with van der Waals surface area (Å²) in [5.74, 6) is -0.212. The molecule has 4 nitrogen and oxygen atoms in total. The van der Waals surface area contributed by atoms with Gasteiger partial charge in [0.2, 0.25) is 0 Å². The van der Waals surface area contributed by atoms with E-state index in [0.717, 1.165) is 28.0 Å². The van der Waals surface area contributed by atoms with E-state index in [0.29, 0.717) is 19.6 Å². The lowest BCUT2D eigenvalue weighted by Crippen LogP contribution is -2.26. The van der Waals surface area contributed by atoms with E-state index in [1.165, 1.54) is 5.56 Å². The van der Waals surface area contributed by atoms with E-state index in [4.69, 9.17) is 9.47 Å². The summed E-state index contributed by atoms with van der Waals surface area (Å²) in [6, 6.07) is 26.2. The number of carboxylic acids is 1. The Balaban J connectivity index is 1.69. The van der Waals surface area contributed by atoms with Crippen molar-refractivity contribution in [3.63, 3.8) is 0 Å². The maximum absolute atomic E-state index is 11.3. The monoisotopic (exact) mass is 416 g/mol. The number of hydrogen-bond donors (Lipinski definition) is 1. The molecule has 0 saturated heterocycles. The summed E-state index contributed by atoms with van der Waals surface area (Å²) >= 11 is 0. The number of carbonyl (C=O) groups is 1. The van der Waals surface area contributed by atoms with E-state index in [-0.39, 0.29) is 0 Å². The predicted molar refractivity (Wildman–Crippen MR) is 123 cm³/mol. The minimum atomic E-state index is -0.947. The van der Waals surface area contributed by atoms with Crippen LogP contribution in [0.4, 0.5) is 0 Å². The van der Waals surface area contributed by atoms with Crippen LogP contribution in [0.5, 0.6) is 5.75 Å². The lowest BCUT2D eigenvalue weighted by atomic mass is 9.97. The fourth-order valence-corrected chi connectivity index (χ4v) is 3.33. The van der Waals surface area contributed by atoms with Gasteiger partial charge in [-0.05, 0) is 54.3 Å². The number of aryl methyl sites for hydroxylation is 1. The number of benzene rings is 3. The third-order valence-electron chi connectivity index (χ3n) is 4.97. The van der Waals surface area contributed by atoms with Crippen LogP contribution in [-0.4, -0.2) is 30.4 Å². The van der Waals surface area contributed by atoms with Crippen molar-refractivity contribution >= 4 is 11.5 Å². The van der Waals surface area contributed by atoms with Crippen LogP contribution in [0.15, 0.2) is 84.9 Å². The maximum Gasteiger partial charge on any atom is 0.333 e. The number of hydrogen-bond acceptors (Lipinski definition) is 3. The quantitative estimate of drug-likeness (QED) is 0.472. The molecule has 3 aromatic rings. The molecule has 31 heavy (non-hydrogen) atoms. The Morgan fingerprint density at radius 1 is 0.935 bits per heavy atom. The molecule has 0 bridgehead atoms. The predicted octanol–water partition coefficient (Wildman–Crippen LogP) is 5.54. The summed E-state index contributed by atoms with van der Waals surface area (Å²) in [6.45, 7) is 4.67. The van der Waals surface area contributed by atoms with Gasteiger partial charge in [0.25, 0.3) is 0 Å². The molecule has 0 amide bonds. The molecule has 0 unspecified atom stereocenters. The van der Waals surface area contributed by atoms with Gasteiger partial charge in [0.05, 0.1) is 0 Å². The first-order valence-corrected chi connectivity index (χ1v) is 10.5. The molecule has 0 radical (unpaired) electrons. The lowest BCUT2D eigenvalue weighted by Gasteiger charge is -2.13. The molecule has 0 heterocycles. The van der Waals surface area contributed by atoms with Crippen molar-refractivity contribution in [1.29, 1.82) is 0 Å². The van der Waals surface area contributed by atoms with Gasteiger partial charge in [-0.2, -0.15) is 0 Å². The molecule has 0 spiro atoms. The van der Waals surface area contributed by atoms with Crippen molar-refractivity contribution < 1.29 is 19.4 Å². The Hall–Kier alpha value is -3.37. The molecular formula is C27H28O4. The van der Waals surface area contributed by atoms with Crippen LogP contribution >= 0.6 is 0 Å². The van der Waals surface area contributed by atoms with Gasteiger partial charge in [0.1, 0.15) is 12.4 Å². The van der Waals surface area contributed by atoms with Crippen LogP contribution in [-0.2, 0) is 16.0 Å². The smallest absolute Gasteiger partial charge is 0.333 e. The van der Waals surface area contributed by atoms with E-state index in [9.17, 15) is 9.90 Å². The Bertz CT molecular complexity index is 990. The normalized spacial score (nSPS) is 12.4. The Morgan fingerprint density at radius 2 is 1.58 bits per heavy atom. The molecule has 0 fully saturated rings. The molecule has 0 aliphatic heterocycles. The van der Waals surface area contributed by atoms with Crippen molar-refractivity contribution in [2.75, 3.05) is 13.2 Å². The van der Waals surface area contributed by atoms with Crippen LogP contribution in [0.25, 0.3) is 5.57 Å². The number of carboxylic acid groups (broad SMARTS) is 1. The second-order valence-corrected chi connectivity index (χ2v) is 7.29. The first kappa shape index (κ1) is 22.3. The zero-order valence-electron chi connectivity index (χ0n) is 18.0. The Kier molecular flexibility index (Phi) is 8.02. The van der Waals surface area contributed by atoms with E-state index in [1.54, 1.807) is 6.92 Å². The first-order chi connectivity index (χ1) is 15.1. The summed E-state index contributed by atoms with van der Waals surface area (Å²) in [6.07, 6.45) is 1.58. The molecule has 3 rings (SSSR count). The summed E-state index contributed by atoms with van der Waals surface area (Å²) in [5, 5.41) is 9.24. The summed E-state index contributed by atoms with van der Waals surface area (Å²) in [4.78, 5) is 11.3. The summed E-state index contributed by atoms with van der Waals surface area (Å²) in [5.41, 5.74) is 5.53. The van der Waals surface area contributed by atoms with Crippen LogP contribution < -0.4 is 4.74 Å². The number of aliphatic carboxylic acids is 1. The molecule has 0 aromatic heterocycles. The van der Waals surface area contributed by atoms with Gasteiger partial charge in [-0.15, -0.1) is 0 Å². The van der Waals surface area contributed by atoms with Gasteiger partial charge in [-0.25, -0.2) is 4.79 Å². The zero-order valence-corrected chi connectivity index (χ0v) is 18.0. The zero-order chi connectivity index (χ0) is 22.1.